The first-order valence-electron chi connectivity index (χ1n) is 8.62. The van der Waals surface area contributed by atoms with Crippen molar-refractivity contribution in [1.29, 1.82) is 5.26 Å². The van der Waals surface area contributed by atoms with Gasteiger partial charge in [0.2, 0.25) is 0 Å². The number of nitrogens with one attached hydrogen (secondary N) is 1. The standard InChI is InChI=1S/C21H21ClN2O3/c1-3-24-21(25)17(13-23)11-15-9-10-19(20(12-15)26-4-2)27-14-16-7-5-6-8-18(16)22/h5-12H,3-4,14H2,1-2H3,(H,24,25)/b17-11+. The molecule has 2 aromatic rings. The Kier molecular flexibility index (Phi) is 7.72. The summed E-state index contributed by atoms with van der Waals surface area (Å²) in [5.41, 5.74) is 1.57. The van der Waals surface area contributed by atoms with Gasteiger partial charge in [-0.25, -0.2) is 0 Å². The molecule has 6 heteroatoms. The minimum Gasteiger partial charge on any atom is -0.490 e. The van der Waals surface area contributed by atoms with Crippen LogP contribution in [-0.2, 0) is 11.4 Å². The fraction of sp³-hybridized carbons (Fsp3) is 0.238. The number of benzene rings is 2. The van der Waals surface area contributed by atoms with Crippen molar-refractivity contribution in [1.82, 2.24) is 5.32 Å². The van der Waals surface area contributed by atoms with Gasteiger partial charge in [-0.05, 0) is 43.7 Å². The van der Waals surface area contributed by atoms with Gasteiger partial charge in [-0.1, -0.05) is 35.9 Å². The van der Waals surface area contributed by atoms with E-state index in [0.717, 1.165) is 5.56 Å². The normalized spacial score (nSPS) is 10.8. The summed E-state index contributed by atoms with van der Waals surface area (Å²) in [5, 5.41) is 12.4. The molecule has 27 heavy (non-hydrogen) atoms. The molecule has 0 spiro atoms. The summed E-state index contributed by atoms with van der Waals surface area (Å²) in [6, 6.07) is 14.6. The van der Waals surface area contributed by atoms with E-state index in [1.54, 1.807) is 25.1 Å². The molecule has 0 heterocycles. The van der Waals surface area contributed by atoms with Gasteiger partial charge in [-0.3, -0.25) is 4.79 Å². The van der Waals surface area contributed by atoms with Crippen molar-refractivity contribution in [3.05, 3.63) is 64.2 Å². The SMILES string of the molecule is CCNC(=O)/C(C#N)=C/c1ccc(OCc2ccccc2Cl)c(OCC)c1. The molecular formula is C21H21ClN2O3. The van der Waals surface area contributed by atoms with E-state index in [1.165, 1.54) is 6.08 Å². The van der Waals surface area contributed by atoms with Gasteiger partial charge >= 0.3 is 0 Å². The van der Waals surface area contributed by atoms with Gasteiger partial charge in [0.15, 0.2) is 11.5 Å². The van der Waals surface area contributed by atoms with Gasteiger partial charge in [-0.15, -0.1) is 0 Å². The summed E-state index contributed by atoms with van der Waals surface area (Å²) < 4.78 is 11.5. The third-order valence-corrected chi connectivity index (χ3v) is 3.99. The fourth-order valence-corrected chi connectivity index (χ4v) is 2.53. The largest absolute Gasteiger partial charge is 0.490 e. The molecule has 0 radical (unpaired) electrons. The number of ether oxygens (including phenoxy) is 2. The van der Waals surface area contributed by atoms with Gasteiger partial charge < -0.3 is 14.8 Å². The van der Waals surface area contributed by atoms with Crippen LogP contribution in [0.15, 0.2) is 48.0 Å². The van der Waals surface area contributed by atoms with Gasteiger partial charge in [0.25, 0.3) is 5.91 Å². The van der Waals surface area contributed by atoms with E-state index >= 15 is 0 Å². The van der Waals surface area contributed by atoms with Crippen LogP contribution >= 0.6 is 11.6 Å². The van der Waals surface area contributed by atoms with Crippen LogP contribution in [0, 0.1) is 11.3 Å². The average molecular weight is 385 g/mol. The van der Waals surface area contributed by atoms with Gasteiger partial charge in [0, 0.05) is 17.1 Å². The Morgan fingerprint density at radius 3 is 2.63 bits per heavy atom. The molecule has 0 aliphatic heterocycles. The maximum Gasteiger partial charge on any atom is 0.261 e. The minimum absolute atomic E-state index is 0.0315. The molecule has 0 aliphatic carbocycles. The van der Waals surface area contributed by atoms with E-state index in [1.807, 2.05) is 37.3 Å². The van der Waals surface area contributed by atoms with Crippen molar-refractivity contribution in [3.8, 4) is 17.6 Å². The topological polar surface area (TPSA) is 71.4 Å². The second-order valence-corrected chi connectivity index (χ2v) is 5.96. The first-order valence-corrected chi connectivity index (χ1v) is 8.99. The number of rotatable bonds is 8. The summed E-state index contributed by atoms with van der Waals surface area (Å²) in [7, 11) is 0. The molecular weight excluding hydrogens is 364 g/mol. The Bertz CT molecular complexity index is 872. The van der Waals surface area contributed by atoms with E-state index in [2.05, 4.69) is 5.32 Å². The highest BCUT2D eigenvalue weighted by atomic mass is 35.5. The first-order chi connectivity index (χ1) is 13.1. The molecule has 0 atom stereocenters. The number of carbonyl (C=O) groups excluding carboxylic acids is 1. The lowest BCUT2D eigenvalue weighted by atomic mass is 10.1. The smallest absolute Gasteiger partial charge is 0.261 e. The van der Waals surface area contributed by atoms with Crippen LogP contribution in [0.4, 0.5) is 0 Å². The Morgan fingerprint density at radius 2 is 1.96 bits per heavy atom. The van der Waals surface area contributed by atoms with E-state index in [9.17, 15) is 10.1 Å². The van der Waals surface area contributed by atoms with Gasteiger partial charge in [0.05, 0.1) is 6.61 Å². The minimum atomic E-state index is -0.406. The van der Waals surface area contributed by atoms with Crippen molar-refractivity contribution >= 4 is 23.6 Å². The molecule has 0 fully saturated rings. The maximum atomic E-state index is 11.9. The van der Waals surface area contributed by atoms with E-state index in [-0.39, 0.29) is 5.57 Å². The molecule has 0 unspecified atom stereocenters. The molecule has 140 valence electrons. The highest BCUT2D eigenvalue weighted by molar-refractivity contribution is 6.31. The lowest BCUT2D eigenvalue weighted by Crippen LogP contribution is -2.23. The number of nitrogens with zero attached hydrogens (tertiary/aromatic N) is 1. The number of hydrogen-bond acceptors (Lipinski definition) is 4. The molecule has 2 rings (SSSR count). The molecule has 0 saturated heterocycles. The van der Waals surface area contributed by atoms with E-state index < -0.39 is 5.91 Å². The summed E-state index contributed by atoms with van der Waals surface area (Å²) in [6.45, 7) is 4.88. The molecule has 0 bridgehead atoms. The van der Waals surface area contributed by atoms with Gasteiger partial charge in [-0.2, -0.15) is 5.26 Å². The van der Waals surface area contributed by atoms with Crippen LogP contribution in [0.25, 0.3) is 6.08 Å². The van der Waals surface area contributed by atoms with Crippen LogP contribution in [0.3, 0.4) is 0 Å². The van der Waals surface area contributed by atoms with Crippen molar-refractivity contribution in [2.24, 2.45) is 0 Å². The third kappa shape index (κ3) is 5.77. The molecule has 2 aromatic carbocycles. The lowest BCUT2D eigenvalue weighted by molar-refractivity contribution is -0.116. The Balaban J connectivity index is 2.24. The molecule has 1 N–H and O–H groups in total. The Hall–Kier alpha value is -2.97. The quantitative estimate of drug-likeness (QED) is 0.542. The second kappa shape index (κ2) is 10.2. The summed E-state index contributed by atoms with van der Waals surface area (Å²) in [4.78, 5) is 11.9. The number of hydrogen-bond donors (Lipinski definition) is 1. The van der Waals surface area contributed by atoms with Crippen molar-refractivity contribution < 1.29 is 14.3 Å². The number of nitriles is 1. The second-order valence-electron chi connectivity index (χ2n) is 5.55. The summed E-state index contributed by atoms with van der Waals surface area (Å²) in [5.74, 6) is 0.689. The van der Waals surface area contributed by atoms with Crippen molar-refractivity contribution in [3.63, 3.8) is 0 Å². The molecule has 1 amide bonds. The zero-order valence-corrected chi connectivity index (χ0v) is 16.0. The van der Waals surface area contributed by atoms with Crippen molar-refractivity contribution in [2.45, 2.75) is 20.5 Å². The van der Waals surface area contributed by atoms with Crippen LogP contribution in [0.2, 0.25) is 5.02 Å². The maximum absolute atomic E-state index is 11.9. The van der Waals surface area contributed by atoms with Crippen LogP contribution in [0.5, 0.6) is 11.5 Å². The molecule has 0 aliphatic rings. The summed E-state index contributed by atoms with van der Waals surface area (Å²) in [6.07, 6.45) is 1.52. The lowest BCUT2D eigenvalue weighted by Gasteiger charge is -2.13. The van der Waals surface area contributed by atoms with Crippen LogP contribution in [-0.4, -0.2) is 19.1 Å². The van der Waals surface area contributed by atoms with Gasteiger partial charge in [0.1, 0.15) is 18.2 Å². The monoisotopic (exact) mass is 384 g/mol. The molecule has 5 nitrogen and oxygen atoms in total. The van der Waals surface area contributed by atoms with Crippen LogP contribution < -0.4 is 14.8 Å². The van der Waals surface area contributed by atoms with Crippen molar-refractivity contribution in [2.75, 3.05) is 13.2 Å². The Labute approximate surface area is 164 Å². The zero-order chi connectivity index (χ0) is 19.6. The number of halogens is 1. The number of carbonyl (C=O) groups is 1. The highest BCUT2D eigenvalue weighted by Gasteiger charge is 2.11. The predicted molar refractivity (Wildman–Crippen MR) is 106 cm³/mol. The first kappa shape index (κ1) is 20.3. The third-order valence-electron chi connectivity index (χ3n) is 3.62. The fourth-order valence-electron chi connectivity index (χ4n) is 2.34. The van der Waals surface area contributed by atoms with E-state index in [0.29, 0.717) is 41.8 Å². The molecule has 0 aromatic heterocycles. The number of likely N-dealkylation sites (N-methyl/N-ethyl adjacent to an activating group) is 1. The average Bonchev–Trinajstić information content (AvgIpc) is 2.67. The van der Waals surface area contributed by atoms with Crippen LogP contribution in [0.1, 0.15) is 25.0 Å². The Morgan fingerprint density at radius 1 is 1.19 bits per heavy atom. The van der Waals surface area contributed by atoms with E-state index in [4.69, 9.17) is 21.1 Å². The number of amides is 1. The molecule has 0 saturated carbocycles. The summed E-state index contributed by atoms with van der Waals surface area (Å²) >= 11 is 6.16. The zero-order valence-electron chi connectivity index (χ0n) is 15.3. The highest BCUT2D eigenvalue weighted by Crippen LogP contribution is 2.30. The predicted octanol–water partition coefficient (Wildman–Crippen LogP) is 4.36.